The fraction of sp³-hybridized carbons (Fsp3) is 0.812. The van der Waals surface area contributed by atoms with Gasteiger partial charge >= 0.3 is 12.1 Å². The second-order valence-corrected chi connectivity index (χ2v) is 6.92. The van der Waals surface area contributed by atoms with Gasteiger partial charge in [0.15, 0.2) is 11.8 Å². The minimum atomic E-state index is -1.22. The lowest BCUT2D eigenvalue weighted by atomic mass is 10.0. The maximum atomic E-state index is 12.5. The number of ketones is 1. The Morgan fingerprint density at radius 1 is 1.30 bits per heavy atom. The molecule has 0 spiro atoms. The van der Waals surface area contributed by atoms with Crippen LogP contribution in [0.2, 0.25) is 0 Å². The van der Waals surface area contributed by atoms with Crippen LogP contribution < -0.4 is 0 Å². The average molecular weight is 327 g/mol. The summed E-state index contributed by atoms with van der Waals surface area (Å²) >= 11 is 0. The van der Waals surface area contributed by atoms with Crippen LogP contribution in [0.25, 0.3) is 0 Å². The average Bonchev–Trinajstić information content (AvgIpc) is 2.99. The summed E-state index contributed by atoms with van der Waals surface area (Å²) in [6, 6.07) is -1.68. The molecule has 0 aromatic carbocycles. The molecule has 1 amide bonds. The molecule has 2 saturated heterocycles. The first-order chi connectivity index (χ1) is 10.8. The van der Waals surface area contributed by atoms with Crippen molar-refractivity contribution in [3.05, 3.63) is 0 Å². The zero-order valence-electron chi connectivity index (χ0n) is 14.2. The van der Waals surface area contributed by atoms with Gasteiger partial charge in [0, 0.05) is 0 Å². The second kappa shape index (κ2) is 6.86. The van der Waals surface area contributed by atoms with Gasteiger partial charge in [0.25, 0.3) is 0 Å². The van der Waals surface area contributed by atoms with E-state index in [4.69, 9.17) is 14.2 Å². The van der Waals surface area contributed by atoms with Crippen molar-refractivity contribution in [3.63, 3.8) is 0 Å². The van der Waals surface area contributed by atoms with Crippen LogP contribution in [0.4, 0.5) is 4.79 Å². The van der Waals surface area contributed by atoms with Crippen molar-refractivity contribution in [1.29, 1.82) is 0 Å². The molecule has 130 valence electrons. The summed E-state index contributed by atoms with van der Waals surface area (Å²) in [5.74, 6) is -1.48. The Bertz CT molecular complexity index is 483. The van der Waals surface area contributed by atoms with Gasteiger partial charge in [-0.1, -0.05) is 13.3 Å². The van der Waals surface area contributed by atoms with Crippen molar-refractivity contribution in [2.75, 3.05) is 19.8 Å². The first kappa shape index (κ1) is 17.7. The van der Waals surface area contributed by atoms with E-state index in [9.17, 15) is 14.4 Å². The van der Waals surface area contributed by atoms with E-state index in [2.05, 4.69) is 0 Å². The fourth-order valence-electron chi connectivity index (χ4n) is 2.80. The molecule has 7 heteroatoms. The summed E-state index contributed by atoms with van der Waals surface area (Å²) in [4.78, 5) is 38.5. The van der Waals surface area contributed by atoms with Crippen molar-refractivity contribution in [3.8, 4) is 0 Å². The Kier molecular flexibility index (Phi) is 5.29. The molecule has 0 saturated carbocycles. The van der Waals surface area contributed by atoms with Gasteiger partial charge in [0.05, 0.1) is 31.8 Å². The number of hydrogen-bond donors (Lipinski definition) is 0. The lowest BCUT2D eigenvalue weighted by Crippen LogP contribution is -2.50. The maximum absolute atomic E-state index is 12.5. The molecule has 2 rings (SSSR count). The molecule has 7 nitrogen and oxygen atoms in total. The first-order valence-electron chi connectivity index (χ1n) is 8.05. The predicted octanol–water partition coefficient (Wildman–Crippen LogP) is 1.53. The number of rotatable bonds is 4. The predicted molar refractivity (Wildman–Crippen MR) is 80.8 cm³/mol. The highest BCUT2D eigenvalue weighted by Gasteiger charge is 2.57. The topological polar surface area (TPSA) is 82.1 Å². The van der Waals surface area contributed by atoms with Crippen molar-refractivity contribution in [2.24, 2.45) is 5.92 Å². The Balaban J connectivity index is 2.17. The summed E-state index contributed by atoms with van der Waals surface area (Å²) in [5, 5.41) is 0. The van der Waals surface area contributed by atoms with Crippen LogP contribution >= 0.6 is 0 Å². The standard InChI is InChI=1S/C16H25NO6/c1-5-6-7-22-14(19)12-13(18)10-8-21-9-11(10)17(12)15(20)23-16(2,3)4/h10-12H,5-9H2,1-4H3/t10-,11+,12?/m0/s1. The van der Waals surface area contributed by atoms with E-state index in [0.717, 1.165) is 12.8 Å². The highest BCUT2D eigenvalue weighted by molar-refractivity contribution is 6.09. The molecule has 2 fully saturated rings. The molecule has 0 N–H and O–H groups in total. The van der Waals surface area contributed by atoms with E-state index >= 15 is 0 Å². The van der Waals surface area contributed by atoms with Crippen molar-refractivity contribution in [1.82, 2.24) is 4.90 Å². The molecule has 1 unspecified atom stereocenters. The third-order valence-corrected chi connectivity index (χ3v) is 3.89. The summed E-state index contributed by atoms with van der Waals surface area (Å²) in [5.41, 5.74) is -0.714. The van der Waals surface area contributed by atoms with Crippen LogP contribution in [0.15, 0.2) is 0 Å². The van der Waals surface area contributed by atoms with Crippen LogP contribution in [0.1, 0.15) is 40.5 Å². The van der Waals surface area contributed by atoms with Crippen molar-refractivity contribution >= 4 is 17.8 Å². The van der Waals surface area contributed by atoms with E-state index in [1.54, 1.807) is 20.8 Å². The van der Waals surface area contributed by atoms with Crippen LogP contribution in [-0.4, -0.2) is 60.3 Å². The molecule has 0 aliphatic carbocycles. The van der Waals surface area contributed by atoms with E-state index in [1.165, 1.54) is 4.90 Å². The molecule has 0 aromatic rings. The number of esters is 1. The van der Waals surface area contributed by atoms with Gasteiger partial charge in [-0.25, -0.2) is 9.59 Å². The lowest BCUT2D eigenvalue weighted by Gasteiger charge is -2.30. The third-order valence-electron chi connectivity index (χ3n) is 3.89. The number of carbonyl (C=O) groups is 3. The number of unbranched alkanes of at least 4 members (excludes halogenated alkanes) is 1. The fourth-order valence-corrected chi connectivity index (χ4v) is 2.80. The van der Waals surface area contributed by atoms with Gasteiger partial charge in [0.1, 0.15) is 5.60 Å². The highest BCUT2D eigenvalue weighted by Crippen LogP contribution is 2.33. The number of amides is 1. The molecule has 2 aliphatic heterocycles. The Hall–Kier alpha value is -1.63. The van der Waals surface area contributed by atoms with E-state index in [-0.39, 0.29) is 25.6 Å². The smallest absolute Gasteiger partial charge is 0.411 e. The van der Waals surface area contributed by atoms with Gasteiger partial charge in [-0.2, -0.15) is 0 Å². The van der Waals surface area contributed by atoms with Gasteiger partial charge in [-0.3, -0.25) is 9.69 Å². The maximum Gasteiger partial charge on any atom is 0.411 e. The minimum Gasteiger partial charge on any atom is -0.464 e. The van der Waals surface area contributed by atoms with Crippen LogP contribution in [0.5, 0.6) is 0 Å². The molecular formula is C16H25NO6. The molecule has 2 heterocycles. The molecule has 0 aromatic heterocycles. The molecule has 3 atom stereocenters. The van der Waals surface area contributed by atoms with E-state index < -0.39 is 35.7 Å². The summed E-state index contributed by atoms with van der Waals surface area (Å²) in [7, 11) is 0. The largest absolute Gasteiger partial charge is 0.464 e. The molecular weight excluding hydrogens is 302 g/mol. The summed E-state index contributed by atoms with van der Waals surface area (Å²) in [6.07, 6.45) is 0.914. The van der Waals surface area contributed by atoms with Crippen molar-refractivity contribution < 1.29 is 28.6 Å². The number of likely N-dealkylation sites (tertiary alicyclic amines) is 1. The third kappa shape index (κ3) is 3.83. The van der Waals surface area contributed by atoms with Crippen LogP contribution in [0.3, 0.4) is 0 Å². The number of hydrogen-bond acceptors (Lipinski definition) is 6. The van der Waals surface area contributed by atoms with Gasteiger partial charge in [0.2, 0.25) is 0 Å². The minimum absolute atomic E-state index is 0.224. The number of Topliss-reactive ketones (excluding diaryl/α,β-unsaturated/α-hetero) is 1. The first-order valence-corrected chi connectivity index (χ1v) is 8.05. The van der Waals surface area contributed by atoms with E-state index in [1.807, 2.05) is 6.92 Å². The molecule has 2 aliphatic rings. The lowest BCUT2D eigenvalue weighted by molar-refractivity contribution is -0.152. The van der Waals surface area contributed by atoms with Gasteiger partial charge < -0.3 is 14.2 Å². The Morgan fingerprint density at radius 3 is 2.61 bits per heavy atom. The van der Waals surface area contributed by atoms with Gasteiger partial charge in [-0.05, 0) is 27.2 Å². The second-order valence-electron chi connectivity index (χ2n) is 6.92. The van der Waals surface area contributed by atoms with Crippen molar-refractivity contribution in [2.45, 2.75) is 58.2 Å². The molecule has 23 heavy (non-hydrogen) atoms. The normalized spacial score (nSPS) is 27.0. The molecule has 0 radical (unpaired) electrons. The monoisotopic (exact) mass is 327 g/mol. The zero-order valence-corrected chi connectivity index (χ0v) is 14.2. The number of fused-ring (bicyclic) bond motifs is 1. The quantitative estimate of drug-likeness (QED) is 0.442. The van der Waals surface area contributed by atoms with E-state index in [0.29, 0.717) is 0 Å². The summed E-state index contributed by atoms with van der Waals surface area (Å²) in [6.45, 7) is 7.88. The number of ether oxygens (including phenoxy) is 3. The SMILES string of the molecule is CCCCOC(=O)C1C(=O)[C@H]2COC[C@H]2N1C(=O)OC(C)(C)C. The Morgan fingerprint density at radius 2 is 2.00 bits per heavy atom. The number of nitrogens with zero attached hydrogens (tertiary/aromatic N) is 1. The highest BCUT2D eigenvalue weighted by atomic mass is 16.6. The van der Waals surface area contributed by atoms with Crippen LogP contribution in [-0.2, 0) is 23.8 Å². The summed E-state index contributed by atoms with van der Waals surface area (Å²) < 4.78 is 15.8. The number of carbonyl (C=O) groups excluding carboxylic acids is 3. The zero-order chi connectivity index (χ0) is 17.2. The Labute approximate surface area is 136 Å². The molecule has 0 bridgehead atoms. The van der Waals surface area contributed by atoms with Gasteiger partial charge in [-0.15, -0.1) is 0 Å². The van der Waals surface area contributed by atoms with Crippen LogP contribution in [0, 0.1) is 5.92 Å².